The second-order valence-electron chi connectivity index (χ2n) is 4.31. The predicted molar refractivity (Wildman–Crippen MR) is 70.4 cm³/mol. The quantitative estimate of drug-likeness (QED) is 0.909. The molecule has 2 rings (SSSR count). The third-order valence-corrected chi connectivity index (χ3v) is 3.15. The predicted octanol–water partition coefficient (Wildman–Crippen LogP) is 1.81. The van der Waals surface area contributed by atoms with Gasteiger partial charge in [0.15, 0.2) is 0 Å². The number of nitrogens with one attached hydrogen (secondary N) is 1. The maximum Gasteiger partial charge on any atom is 0.218 e. The maximum atomic E-state index is 11.4. The van der Waals surface area contributed by atoms with Crippen molar-refractivity contribution < 1.29 is 9.53 Å². The molecule has 1 fully saturated rings. The molecule has 4 nitrogen and oxygen atoms in total. The van der Waals surface area contributed by atoms with Gasteiger partial charge in [0.25, 0.3) is 0 Å². The molecule has 5 heteroatoms. The van der Waals surface area contributed by atoms with Crippen LogP contribution >= 0.6 is 11.6 Å². The number of benzene rings is 1. The number of amides is 1. The average Bonchev–Trinajstić information content (AvgIpc) is 2.37. The van der Waals surface area contributed by atoms with Gasteiger partial charge in [-0.3, -0.25) is 9.69 Å². The van der Waals surface area contributed by atoms with Gasteiger partial charge in [-0.05, 0) is 17.7 Å². The Balaban J connectivity index is 2.20. The summed E-state index contributed by atoms with van der Waals surface area (Å²) >= 11 is 6.01. The van der Waals surface area contributed by atoms with E-state index in [0.717, 1.165) is 18.7 Å². The summed E-state index contributed by atoms with van der Waals surface area (Å²) < 4.78 is 5.33. The van der Waals surface area contributed by atoms with Crippen LogP contribution in [0.4, 0.5) is 0 Å². The van der Waals surface area contributed by atoms with Gasteiger partial charge >= 0.3 is 0 Å². The first-order chi connectivity index (χ1) is 8.66. The topological polar surface area (TPSA) is 41.6 Å². The Labute approximate surface area is 112 Å². The Bertz CT molecular complexity index is 419. The van der Waals surface area contributed by atoms with Gasteiger partial charge in [0.1, 0.15) is 6.17 Å². The van der Waals surface area contributed by atoms with Crippen LogP contribution in [0.15, 0.2) is 24.3 Å². The standard InChI is InChI=1S/C13H17ClN2O2/c1-10(17)15-13(16-5-7-18-8-6-16)11-3-2-4-12(14)9-11/h2-4,9,13H,5-8H2,1H3,(H,15,17). The first-order valence-corrected chi connectivity index (χ1v) is 6.39. The lowest BCUT2D eigenvalue weighted by atomic mass is 10.1. The molecule has 1 unspecified atom stereocenters. The Hall–Kier alpha value is -1.10. The largest absolute Gasteiger partial charge is 0.379 e. The van der Waals surface area contributed by atoms with E-state index in [4.69, 9.17) is 16.3 Å². The molecule has 0 radical (unpaired) electrons. The minimum Gasteiger partial charge on any atom is -0.379 e. The van der Waals surface area contributed by atoms with Crippen LogP contribution in [0.2, 0.25) is 5.02 Å². The number of hydrogen-bond acceptors (Lipinski definition) is 3. The van der Waals surface area contributed by atoms with Gasteiger partial charge in [-0.15, -0.1) is 0 Å². The van der Waals surface area contributed by atoms with Gasteiger partial charge in [0, 0.05) is 25.0 Å². The van der Waals surface area contributed by atoms with Crippen molar-refractivity contribution >= 4 is 17.5 Å². The summed E-state index contributed by atoms with van der Waals surface area (Å²) in [5.41, 5.74) is 1.000. The summed E-state index contributed by atoms with van der Waals surface area (Å²) in [7, 11) is 0. The smallest absolute Gasteiger partial charge is 0.218 e. The number of rotatable bonds is 3. The fraction of sp³-hybridized carbons (Fsp3) is 0.462. The summed E-state index contributed by atoms with van der Waals surface area (Å²) in [5, 5.41) is 3.64. The number of hydrogen-bond donors (Lipinski definition) is 1. The lowest BCUT2D eigenvalue weighted by Gasteiger charge is -2.35. The summed E-state index contributed by atoms with van der Waals surface area (Å²) in [6, 6.07) is 7.59. The van der Waals surface area contributed by atoms with Crippen LogP contribution in [0.5, 0.6) is 0 Å². The first kappa shape index (κ1) is 13.3. The highest BCUT2D eigenvalue weighted by Crippen LogP contribution is 2.22. The van der Waals surface area contributed by atoms with E-state index in [0.29, 0.717) is 18.2 Å². The van der Waals surface area contributed by atoms with Crippen molar-refractivity contribution in [2.75, 3.05) is 26.3 Å². The highest BCUT2D eigenvalue weighted by molar-refractivity contribution is 6.30. The van der Waals surface area contributed by atoms with Crippen molar-refractivity contribution in [3.63, 3.8) is 0 Å². The second kappa shape index (κ2) is 6.18. The molecule has 1 aliphatic heterocycles. The van der Waals surface area contributed by atoms with E-state index in [2.05, 4.69) is 10.2 Å². The van der Waals surface area contributed by atoms with Crippen LogP contribution in [0.3, 0.4) is 0 Å². The monoisotopic (exact) mass is 268 g/mol. The molecule has 1 heterocycles. The summed E-state index contributed by atoms with van der Waals surface area (Å²) in [6.07, 6.45) is -0.134. The van der Waals surface area contributed by atoms with Gasteiger partial charge in [-0.25, -0.2) is 0 Å². The molecule has 1 aliphatic rings. The zero-order valence-electron chi connectivity index (χ0n) is 10.4. The van der Waals surface area contributed by atoms with Crippen molar-refractivity contribution in [1.29, 1.82) is 0 Å². The molecule has 0 bridgehead atoms. The van der Waals surface area contributed by atoms with Gasteiger partial charge in [0.05, 0.1) is 13.2 Å². The molecule has 0 saturated carbocycles. The maximum absolute atomic E-state index is 11.4. The Morgan fingerprint density at radius 1 is 1.44 bits per heavy atom. The zero-order chi connectivity index (χ0) is 13.0. The van der Waals surface area contributed by atoms with Crippen molar-refractivity contribution in [2.45, 2.75) is 13.1 Å². The third-order valence-electron chi connectivity index (χ3n) is 2.92. The molecule has 0 aliphatic carbocycles. The molecule has 1 aromatic rings. The van der Waals surface area contributed by atoms with Crippen LogP contribution in [0.1, 0.15) is 18.7 Å². The van der Waals surface area contributed by atoms with Crippen LogP contribution in [-0.4, -0.2) is 37.1 Å². The number of morpholine rings is 1. The number of ether oxygens (including phenoxy) is 1. The molecular formula is C13H17ClN2O2. The number of carbonyl (C=O) groups excluding carboxylic acids is 1. The molecule has 0 aromatic heterocycles. The molecule has 18 heavy (non-hydrogen) atoms. The molecule has 1 saturated heterocycles. The summed E-state index contributed by atoms with van der Waals surface area (Å²) in [6.45, 7) is 4.51. The van der Waals surface area contributed by atoms with Gasteiger partial charge < -0.3 is 10.1 Å². The van der Waals surface area contributed by atoms with Gasteiger partial charge in [-0.2, -0.15) is 0 Å². The first-order valence-electron chi connectivity index (χ1n) is 6.01. The number of halogens is 1. The minimum absolute atomic E-state index is 0.0496. The van der Waals surface area contributed by atoms with E-state index in [1.54, 1.807) is 0 Å². The molecule has 1 amide bonds. The summed E-state index contributed by atoms with van der Waals surface area (Å²) in [5.74, 6) is -0.0496. The van der Waals surface area contributed by atoms with E-state index in [1.165, 1.54) is 6.92 Å². The van der Waals surface area contributed by atoms with Gasteiger partial charge in [0.2, 0.25) is 5.91 Å². The Morgan fingerprint density at radius 3 is 2.78 bits per heavy atom. The van der Waals surface area contributed by atoms with Crippen molar-refractivity contribution in [1.82, 2.24) is 10.2 Å². The van der Waals surface area contributed by atoms with Crippen LogP contribution in [0.25, 0.3) is 0 Å². The van der Waals surface area contributed by atoms with Crippen molar-refractivity contribution in [3.05, 3.63) is 34.9 Å². The molecular weight excluding hydrogens is 252 g/mol. The third kappa shape index (κ3) is 3.45. The van der Waals surface area contributed by atoms with Crippen LogP contribution in [-0.2, 0) is 9.53 Å². The average molecular weight is 269 g/mol. The van der Waals surface area contributed by atoms with Gasteiger partial charge in [-0.1, -0.05) is 23.7 Å². The Kier molecular flexibility index (Phi) is 4.58. The lowest BCUT2D eigenvalue weighted by molar-refractivity contribution is -0.121. The fourth-order valence-electron chi connectivity index (χ4n) is 2.09. The fourth-order valence-corrected chi connectivity index (χ4v) is 2.29. The zero-order valence-corrected chi connectivity index (χ0v) is 11.1. The molecule has 1 aromatic carbocycles. The van der Waals surface area contributed by atoms with E-state index in [1.807, 2.05) is 24.3 Å². The normalized spacial score (nSPS) is 18.3. The van der Waals surface area contributed by atoms with E-state index >= 15 is 0 Å². The molecule has 0 spiro atoms. The minimum atomic E-state index is -0.134. The van der Waals surface area contributed by atoms with Crippen LogP contribution in [0, 0.1) is 0 Å². The second-order valence-corrected chi connectivity index (χ2v) is 4.74. The molecule has 98 valence electrons. The van der Waals surface area contributed by atoms with E-state index in [9.17, 15) is 4.79 Å². The van der Waals surface area contributed by atoms with Crippen molar-refractivity contribution in [3.8, 4) is 0 Å². The SMILES string of the molecule is CC(=O)NC(c1cccc(Cl)c1)N1CCOCC1. The Morgan fingerprint density at radius 2 is 2.17 bits per heavy atom. The van der Waals surface area contributed by atoms with Crippen LogP contribution < -0.4 is 5.32 Å². The molecule has 1 atom stereocenters. The van der Waals surface area contributed by atoms with E-state index < -0.39 is 0 Å². The number of nitrogens with zero attached hydrogens (tertiary/aromatic N) is 1. The summed E-state index contributed by atoms with van der Waals surface area (Å²) in [4.78, 5) is 13.5. The highest BCUT2D eigenvalue weighted by Gasteiger charge is 2.23. The lowest BCUT2D eigenvalue weighted by Crippen LogP contribution is -2.46. The highest BCUT2D eigenvalue weighted by atomic mass is 35.5. The number of carbonyl (C=O) groups is 1. The molecule has 1 N–H and O–H groups in total. The van der Waals surface area contributed by atoms with E-state index in [-0.39, 0.29) is 12.1 Å². The van der Waals surface area contributed by atoms with Crippen molar-refractivity contribution in [2.24, 2.45) is 0 Å².